The number of para-hydroxylation sites is 1. The number of amides is 1. The van der Waals surface area contributed by atoms with Gasteiger partial charge in [0.15, 0.2) is 0 Å². The summed E-state index contributed by atoms with van der Waals surface area (Å²) in [4.78, 5) is 14.3. The van der Waals surface area contributed by atoms with Crippen molar-refractivity contribution in [2.24, 2.45) is 0 Å². The molecule has 4 nitrogen and oxygen atoms in total. The Morgan fingerprint density at radius 1 is 1.42 bits per heavy atom. The van der Waals surface area contributed by atoms with Crippen molar-refractivity contribution in [3.63, 3.8) is 0 Å². The van der Waals surface area contributed by atoms with E-state index in [9.17, 15) is 4.79 Å². The zero-order chi connectivity index (χ0) is 13.7. The zero-order valence-electron chi connectivity index (χ0n) is 11.7. The fraction of sp³-hybridized carbons (Fsp3) is 0.533. The number of carbonyl (C=O) groups is 1. The maximum absolute atomic E-state index is 12.5. The van der Waals surface area contributed by atoms with E-state index in [0.717, 1.165) is 19.5 Å². The van der Waals surface area contributed by atoms with Crippen LogP contribution in [0.3, 0.4) is 0 Å². The lowest BCUT2D eigenvalue weighted by Gasteiger charge is -2.24. The fourth-order valence-corrected chi connectivity index (χ4v) is 2.27. The molecule has 0 saturated heterocycles. The highest BCUT2D eigenvalue weighted by molar-refractivity contribution is 5.97. The zero-order valence-corrected chi connectivity index (χ0v) is 11.7. The summed E-state index contributed by atoms with van der Waals surface area (Å²) >= 11 is 0. The molecule has 19 heavy (non-hydrogen) atoms. The molecule has 0 aliphatic carbocycles. The van der Waals surface area contributed by atoms with Crippen molar-refractivity contribution >= 4 is 5.91 Å². The Morgan fingerprint density at radius 3 is 3.00 bits per heavy atom. The summed E-state index contributed by atoms with van der Waals surface area (Å²) in [7, 11) is 0. The van der Waals surface area contributed by atoms with Gasteiger partial charge in [0.25, 0.3) is 5.91 Å². The Morgan fingerprint density at radius 2 is 2.21 bits per heavy atom. The number of hydrogen-bond acceptors (Lipinski definition) is 3. The second kappa shape index (κ2) is 6.57. The quantitative estimate of drug-likeness (QED) is 0.881. The minimum atomic E-state index is 0.0678. The molecule has 1 aliphatic heterocycles. The van der Waals surface area contributed by atoms with Gasteiger partial charge in [-0.3, -0.25) is 4.79 Å². The molecule has 1 atom stereocenters. The predicted octanol–water partition coefficient (Wildman–Crippen LogP) is 1.91. The van der Waals surface area contributed by atoms with E-state index in [1.807, 2.05) is 29.2 Å². The van der Waals surface area contributed by atoms with Crippen molar-refractivity contribution in [1.82, 2.24) is 10.2 Å². The molecule has 2 rings (SSSR count). The molecule has 1 heterocycles. The average Bonchev–Trinajstić information content (AvgIpc) is 2.58. The van der Waals surface area contributed by atoms with E-state index in [1.165, 1.54) is 0 Å². The summed E-state index contributed by atoms with van der Waals surface area (Å²) in [6.07, 6.45) is 1.10. The molecule has 0 aromatic heterocycles. The summed E-state index contributed by atoms with van der Waals surface area (Å²) in [5, 5.41) is 3.41. The highest BCUT2D eigenvalue weighted by Crippen LogP contribution is 2.22. The van der Waals surface area contributed by atoms with E-state index < -0.39 is 0 Å². The highest BCUT2D eigenvalue weighted by Gasteiger charge is 2.23. The smallest absolute Gasteiger partial charge is 0.257 e. The topological polar surface area (TPSA) is 41.6 Å². The maximum atomic E-state index is 12.5. The molecule has 0 bridgehead atoms. The van der Waals surface area contributed by atoms with Crippen molar-refractivity contribution < 1.29 is 9.53 Å². The molecule has 0 radical (unpaired) electrons. The van der Waals surface area contributed by atoms with Crippen LogP contribution in [0.2, 0.25) is 0 Å². The third-order valence-corrected chi connectivity index (χ3v) is 3.26. The summed E-state index contributed by atoms with van der Waals surface area (Å²) in [6.45, 7) is 7.16. The summed E-state index contributed by atoms with van der Waals surface area (Å²) in [5.74, 6) is 0.766. The van der Waals surface area contributed by atoms with Gasteiger partial charge in [0.2, 0.25) is 0 Å². The second-order valence-electron chi connectivity index (χ2n) is 4.95. The van der Waals surface area contributed by atoms with Crippen molar-refractivity contribution in [3.8, 4) is 5.75 Å². The Bertz CT molecular complexity index is 434. The molecule has 0 fully saturated rings. The Labute approximate surface area is 114 Å². The number of rotatable bonds is 5. The predicted molar refractivity (Wildman–Crippen MR) is 75.6 cm³/mol. The van der Waals surface area contributed by atoms with Crippen LogP contribution in [0.25, 0.3) is 0 Å². The normalized spacial score (nSPS) is 16.5. The lowest BCUT2D eigenvalue weighted by atomic mass is 10.1. The van der Waals surface area contributed by atoms with Crippen LogP contribution >= 0.6 is 0 Å². The monoisotopic (exact) mass is 262 g/mol. The van der Waals surface area contributed by atoms with Crippen molar-refractivity contribution in [2.75, 3.05) is 26.2 Å². The van der Waals surface area contributed by atoms with Gasteiger partial charge in [-0.15, -0.1) is 0 Å². The van der Waals surface area contributed by atoms with Crippen LogP contribution in [0.1, 0.15) is 30.6 Å². The summed E-state index contributed by atoms with van der Waals surface area (Å²) < 4.78 is 5.63. The molecule has 0 spiro atoms. The molecule has 1 amide bonds. The van der Waals surface area contributed by atoms with E-state index >= 15 is 0 Å². The number of hydrogen-bond donors (Lipinski definition) is 1. The van der Waals surface area contributed by atoms with Crippen LogP contribution in [0.5, 0.6) is 5.75 Å². The number of carbonyl (C=O) groups excluding carboxylic acids is 1. The largest absolute Gasteiger partial charge is 0.491 e. The van der Waals surface area contributed by atoms with Crippen molar-refractivity contribution in [1.29, 1.82) is 0 Å². The van der Waals surface area contributed by atoms with E-state index in [0.29, 0.717) is 30.5 Å². The SMILES string of the molecule is CCCNC(C)CN1CCOc2ccccc2C1=O. The van der Waals surface area contributed by atoms with Crippen molar-refractivity contribution in [3.05, 3.63) is 29.8 Å². The average molecular weight is 262 g/mol. The van der Waals surface area contributed by atoms with Gasteiger partial charge in [-0.1, -0.05) is 19.1 Å². The molecule has 1 unspecified atom stereocenters. The fourth-order valence-electron chi connectivity index (χ4n) is 2.27. The number of benzene rings is 1. The van der Waals surface area contributed by atoms with E-state index in [4.69, 9.17) is 4.74 Å². The molecule has 1 aliphatic rings. The molecule has 4 heteroatoms. The Kier molecular flexibility index (Phi) is 4.80. The molecule has 0 saturated carbocycles. The second-order valence-corrected chi connectivity index (χ2v) is 4.95. The first-order valence-corrected chi connectivity index (χ1v) is 6.97. The summed E-state index contributed by atoms with van der Waals surface area (Å²) in [6, 6.07) is 7.76. The first-order chi connectivity index (χ1) is 9.22. The van der Waals surface area contributed by atoms with Crippen LogP contribution in [-0.2, 0) is 0 Å². The Balaban J connectivity index is 2.05. The van der Waals surface area contributed by atoms with Gasteiger partial charge in [-0.05, 0) is 32.0 Å². The van der Waals surface area contributed by atoms with E-state index in [-0.39, 0.29) is 5.91 Å². The van der Waals surface area contributed by atoms with Crippen LogP contribution in [0.15, 0.2) is 24.3 Å². The van der Waals surface area contributed by atoms with Crippen molar-refractivity contribution in [2.45, 2.75) is 26.3 Å². The standard InChI is InChI=1S/C15H22N2O2/c1-3-8-16-12(2)11-17-9-10-19-14-7-5-4-6-13(14)15(17)18/h4-7,12,16H,3,8-11H2,1-2H3. The van der Waals surface area contributed by atoms with Gasteiger partial charge in [0, 0.05) is 12.6 Å². The van der Waals surface area contributed by atoms with Gasteiger partial charge in [-0.2, -0.15) is 0 Å². The molecule has 1 aromatic rings. The number of nitrogens with zero attached hydrogens (tertiary/aromatic N) is 1. The van der Waals surface area contributed by atoms with Crippen LogP contribution in [0.4, 0.5) is 0 Å². The highest BCUT2D eigenvalue weighted by atomic mass is 16.5. The minimum Gasteiger partial charge on any atom is -0.491 e. The van der Waals surface area contributed by atoms with E-state index in [2.05, 4.69) is 19.2 Å². The first kappa shape index (κ1) is 13.9. The van der Waals surface area contributed by atoms with Gasteiger partial charge >= 0.3 is 0 Å². The molecular weight excluding hydrogens is 240 g/mol. The third-order valence-electron chi connectivity index (χ3n) is 3.26. The van der Waals surface area contributed by atoms with Gasteiger partial charge in [0.1, 0.15) is 12.4 Å². The summed E-state index contributed by atoms with van der Waals surface area (Å²) in [5.41, 5.74) is 0.669. The molecule has 1 aromatic carbocycles. The van der Waals surface area contributed by atoms with Gasteiger partial charge in [-0.25, -0.2) is 0 Å². The number of nitrogens with one attached hydrogen (secondary N) is 1. The van der Waals surface area contributed by atoms with Gasteiger partial charge in [0.05, 0.1) is 12.1 Å². The van der Waals surface area contributed by atoms with Crippen LogP contribution in [-0.4, -0.2) is 43.1 Å². The lowest BCUT2D eigenvalue weighted by molar-refractivity contribution is 0.0741. The number of fused-ring (bicyclic) bond motifs is 1. The van der Waals surface area contributed by atoms with Gasteiger partial charge < -0.3 is 15.0 Å². The third kappa shape index (κ3) is 3.47. The van der Waals surface area contributed by atoms with Crippen LogP contribution in [0, 0.1) is 0 Å². The maximum Gasteiger partial charge on any atom is 0.257 e. The Hall–Kier alpha value is -1.55. The first-order valence-electron chi connectivity index (χ1n) is 6.97. The van der Waals surface area contributed by atoms with E-state index in [1.54, 1.807) is 0 Å². The number of ether oxygens (including phenoxy) is 1. The lowest BCUT2D eigenvalue weighted by Crippen LogP contribution is -2.43. The molecule has 1 N–H and O–H groups in total. The minimum absolute atomic E-state index is 0.0678. The van der Waals surface area contributed by atoms with Crippen LogP contribution < -0.4 is 10.1 Å². The molecule has 104 valence electrons. The molecular formula is C15H22N2O2.